The molecule has 3 rings (SSSR count). The molecule has 0 aromatic heterocycles. The van der Waals surface area contributed by atoms with E-state index >= 15 is 0 Å². The Bertz CT molecular complexity index is 1060. The maximum atomic E-state index is 13.3. The van der Waals surface area contributed by atoms with Crippen molar-refractivity contribution in [1.29, 1.82) is 0 Å². The number of ether oxygens (including phenoxy) is 1. The van der Waals surface area contributed by atoms with Crippen molar-refractivity contribution >= 4 is 29.4 Å². The summed E-state index contributed by atoms with van der Waals surface area (Å²) < 4.78 is 5.49. The van der Waals surface area contributed by atoms with Crippen LogP contribution in [0.25, 0.3) is 0 Å². The lowest BCUT2D eigenvalue weighted by Crippen LogP contribution is -2.49. The van der Waals surface area contributed by atoms with Crippen LogP contribution in [0.2, 0.25) is 0 Å². The van der Waals surface area contributed by atoms with Crippen LogP contribution in [0.1, 0.15) is 49.5 Å². The van der Waals surface area contributed by atoms with E-state index in [4.69, 9.17) is 4.74 Å². The zero-order chi connectivity index (χ0) is 25.4. The number of nitrogens with one attached hydrogen (secondary N) is 1. The van der Waals surface area contributed by atoms with Gasteiger partial charge in [-0.05, 0) is 50.5 Å². The Hall–Kier alpha value is -3.68. The van der Waals surface area contributed by atoms with Crippen LogP contribution in [0.15, 0.2) is 54.6 Å². The van der Waals surface area contributed by atoms with Crippen LogP contribution in [0.5, 0.6) is 0 Å². The maximum Gasteiger partial charge on any atom is 0.317 e. The summed E-state index contributed by atoms with van der Waals surface area (Å²) in [4.78, 5) is 53.6. The van der Waals surface area contributed by atoms with Crippen LogP contribution in [0.3, 0.4) is 0 Å². The normalized spacial score (nSPS) is 14.7. The minimum absolute atomic E-state index is 0.0267. The molecular weight excluding hydrogens is 446 g/mol. The number of likely N-dealkylation sites (tertiary alicyclic amines) is 1. The first kappa shape index (κ1) is 25.9. The molecule has 0 bridgehead atoms. The molecule has 0 radical (unpaired) electrons. The number of nitrogens with zero attached hydrogens (tertiary/aromatic N) is 2. The number of amides is 3. The summed E-state index contributed by atoms with van der Waals surface area (Å²) >= 11 is 0. The predicted octanol–water partition coefficient (Wildman–Crippen LogP) is 3.23. The first-order valence-electron chi connectivity index (χ1n) is 12.0. The Balaban J connectivity index is 1.66. The second-order valence-corrected chi connectivity index (χ2v) is 8.64. The smallest absolute Gasteiger partial charge is 0.317 e. The second-order valence-electron chi connectivity index (χ2n) is 8.64. The van der Waals surface area contributed by atoms with Crippen molar-refractivity contribution in [2.75, 3.05) is 38.1 Å². The van der Waals surface area contributed by atoms with Crippen LogP contribution in [0.4, 0.5) is 5.69 Å². The molecule has 1 fully saturated rings. The van der Waals surface area contributed by atoms with Crippen LogP contribution >= 0.6 is 0 Å². The fourth-order valence-electron chi connectivity index (χ4n) is 4.46. The van der Waals surface area contributed by atoms with Gasteiger partial charge in [0.1, 0.15) is 0 Å². The van der Waals surface area contributed by atoms with E-state index in [1.165, 1.54) is 6.92 Å². The monoisotopic (exact) mass is 479 g/mol. The summed E-state index contributed by atoms with van der Waals surface area (Å²) in [7, 11) is 0. The summed E-state index contributed by atoms with van der Waals surface area (Å²) in [5.41, 5.74) is 0.834. The third-order valence-corrected chi connectivity index (χ3v) is 6.56. The minimum Gasteiger partial charge on any atom is -0.455 e. The van der Waals surface area contributed by atoms with Crippen molar-refractivity contribution < 1.29 is 23.9 Å². The molecule has 1 heterocycles. The van der Waals surface area contributed by atoms with Gasteiger partial charge < -0.3 is 19.9 Å². The molecule has 2 aromatic carbocycles. The quantitative estimate of drug-likeness (QED) is 0.587. The highest BCUT2D eigenvalue weighted by atomic mass is 16.5. The molecule has 0 saturated carbocycles. The molecule has 35 heavy (non-hydrogen) atoms. The Kier molecular flexibility index (Phi) is 8.63. The lowest BCUT2D eigenvalue weighted by Gasteiger charge is -2.40. The first-order valence-corrected chi connectivity index (χ1v) is 12.0. The molecule has 0 unspecified atom stereocenters. The number of benzene rings is 2. The number of carbonyl (C=O) groups is 4. The number of hydrogen-bond acceptors (Lipinski definition) is 5. The maximum absolute atomic E-state index is 13.3. The van der Waals surface area contributed by atoms with Gasteiger partial charge in [-0.15, -0.1) is 0 Å². The van der Waals surface area contributed by atoms with E-state index in [1.54, 1.807) is 34.1 Å². The zero-order valence-electron chi connectivity index (χ0n) is 20.6. The second kappa shape index (κ2) is 11.6. The number of rotatable bonds is 8. The number of hydrogen-bond donors (Lipinski definition) is 1. The van der Waals surface area contributed by atoms with Crippen LogP contribution in [-0.4, -0.2) is 66.3 Å². The summed E-state index contributed by atoms with van der Waals surface area (Å²) in [6, 6.07) is 16.1. The molecule has 1 N–H and O–H groups in total. The molecule has 1 aliphatic rings. The minimum atomic E-state index is -0.913. The average molecular weight is 480 g/mol. The van der Waals surface area contributed by atoms with E-state index < -0.39 is 23.9 Å². The fraction of sp³-hybridized carbons (Fsp3) is 0.407. The highest BCUT2D eigenvalue weighted by Gasteiger charge is 2.44. The summed E-state index contributed by atoms with van der Waals surface area (Å²) in [6.07, 6.45) is 0.846. The van der Waals surface area contributed by atoms with Crippen molar-refractivity contribution in [3.05, 3.63) is 65.7 Å². The molecule has 1 saturated heterocycles. The lowest BCUT2D eigenvalue weighted by atomic mass is 9.72. The molecule has 3 amide bonds. The predicted molar refractivity (Wildman–Crippen MR) is 133 cm³/mol. The largest absolute Gasteiger partial charge is 0.455 e. The van der Waals surface area contributed by atoms with Gasteiger partial charge in [0, 0.05) is 44.4 Å². The van der Waals surface area contributed by atoms with Crippen molar-refractivity contribution in [2.24, 2.45) is 0 Å². The van der Waals surface area contributed by atoms with E-state index in [1.807, 2.05) is 44.2 Å². The zero-order valence-corrected chi connectivity index (χ0v) is 20.6. The molecular formula is C27H33N3O5. The molecule has 8 heteroatoms. The van der Waals surface area contributed by atoms with E-state index in [0.717, 1.165) is 5.56 Å². The summed E-state index contributed by atoms with van der Waals surface area (Å²) in [5, 5.41) is 2.70. The molecule has 8 nitrogen and oxygen atoms in total. The Morgan fingerprint density at radius 2 is 1.63 bits per heavy atom. The van der Waals surface area contributed by atoms with Crippen LogP contribution in [0, 0.1) is 0 Å². The van der Waals surface area contributed by atoms with Gasteiger partial charge in [0.2, 0.25) is 5.91 Å². The first-order chi connectivity index (χ1) is 16.8. The fourth-order valence-corrected chi connectivity index (χ4v) is 4.46. The van der Waals surface area contributed by atoms with Gasteiger partial charge in [-0.3, -0.25) is 19.2 Å². The SMILES string of the molecule is CCN(CC)C(=O)c1cccc(NC(=O)COC(=O)C2(c3ccccc3)CCN(C(C)=O)CC2)c1. The molecule has 186 valence electrons. The van der Waals surface area contributed by atoms with Crippen LogP contribution < -0.4 is 5.32 Å². The van der Waals surface area contributed by atoms with Gasteiger partial charge in [-0.2, -0.15) is 0 Å². The van der Waals surface area contributed by atoms with Crippen molar-refractivity contribution in [1.82, 2.24) is 9.80 Å². The van der Waals surface area contributed by atoms with Gasteiger partial charge in [-0.1, -0.05) is 36.4 Å². The van der Waals surface area contributed by atoms with Crippen molar-refractivity contribution in [2.45, 2.75) is 39.0 Å². The highest BCUT2D eigenvalue weighted by molar-refractivity contribution is 5.98. The van der Waals surface area contributed by atoms with Crippen molar-refractivity contribution in [3.8, 4) is 0 Å². The molecule has 0 atom stereocenters. The highest BCUT2D eigenvalue weighted by Crippen LogP contribution is 2.37. The van der Waals surface area contributed by atoms with Gasteiger partial charge in [0.25, 0.3) is 11.8 Å². The molecule has 1 aliphatic heterocycles. The molecule has 2 aromatic rings. The number of carbonyl (C=O) groups excluding carboxylic acids is 4. The number of piperidine rings is 1. The van der Waals surface area contributed by atoms with E-state index in [2.05, 4.69) is 5.32 Å². The van der Waals surface area contributed by atoms with E-state index in [-0.39, 0.29) is 11.8 Å². The van der Waals surface area contributed by atoms with E-state index in [0.29, 0.717) is 50.3 Å². The van der Waals surface area contributed by atoms with E-state index in [9.17, 15) is 19.2 Å². The standard InChI is InChI=1S/C27H33N3O5/c1-4-29(5-2)25(33)21-10-9-13-23(18-21)28-24(32)19-35-26(34)27(22-11-7-6-8-12-22)14-16-30(17-15-27)20(3)31/h6-13,18H,4-5,14-17,19H2,1-3H3,(H,28,32). The third-order valence-electron chi connectivity index (χ3n) is 6.56. The topological polar surface area (TPSA) is 96.0 Å². The Morgan fingerprint density at radius 1 is 0.971 bits per heavy atom. The Morgan fingerprint density at radius 3 is 2.23 bits per heavy atom. The van der Waals surface area contributed by atoms with Gasteiger partial charge in [-0.25, -0.2) is 0 Å². The van der Waals surface area contributed by atoms with Gasteiger partial charge in [0.15, 0.2) is 6.61 Å². The number of anilines is 1. The van der Waals surface area contributed by atoms with Gasteiger partial charge in [0.05, 0.1) is 5.41 Å². The van der Waals surface area contributed by atoms with Gasteiger partial charge >= 0.3 is 5.97 Å². The molecule has 0 aliphatic carbocycles. The van der Waals surface area contributed by atoms with Crippen LogP contribution in [-0.2, 0) is 24.5 Å². The number of esters is 1. The average Bonchev–Trinajstić information content (AvgIpc) is 2.88. The molecule has 0 spiro atoms. The lowest BCUT2D eigenvalue weighted by molar-refractivity contribution is -0.156. The Labute approximate surface area is 206 Å². The summed E-state index contributed by atoms with van der Waals surface area (Å²) in [5.74, 6) is -1.11. The summed E-state index contributed by atoms with van der Waals surface area (Å²) in [6.45, 7) is 6.96. The van der Waals surface area contributed by atoms with Crippen molar-refractivity contribution in [3.63, 3.8) is 0 Å². The third kappa shape index (κ3) is 6.07.